The van der Waals surface area contributed by atoms with Crippen molar-refractivity contribution in [1.82, 2.24) is 5.32 Å². The molecule has 0 atom stereocenters. The van der Waals surface area contributed by atoms with Crippen LogP contribution in [0.5, 0.6) is 5.75 Å². The molecule has 1 rings (SSSR count). The summed E-state index contributed by atoms with van der Waals surface area (Å²) in [6, 6.07) is 3.11. The van der Waals surface area contributed by atoms with Gasteiger partial charge in [-0.3, -0.25) is 9.59 Å². The average Bonchev–Trinajstić information content (AvgIpc) is 2.16. The molecule has 6 heteroatoms. The Hall–Kier alpha value is -2.11. The van der Waals surface area contributed by atoms with Crippen molar-refractivity contribution < 1.29 is 24.2 Å². The maximum atomic E-state index is 13.1. The number of amides is 1. The lowest BCUT2D eigenvalue weighted by Gasteiger charge is -2.04. The largest absolute Gasteiger partial charge is 0.508 e. The number of phenolic OH excluding ortho intramolecular Hbond substituents is 1. The summed E-state index contributed by atoms with van der Waals surface area (Å²) in [4.78, 5) is 21.5. The van der Waals surface area contributed by atoms with Gasteiger partial charge < -0.3 is 15.5 Å². The number of aliphatic carboxylic acids is 1. The van der Waals surface area contributed by atoms with Crippen LogP contribution in [0.2, 0.25) is 0 Å². The van der Waals surface area contributed by atoms with Gasteiger partial charge in [0, 0.05) is 12.6 Å². The third-order valence-electron chi connectivity index (χ3n) is 1.82. The van der Waals surface area contributed by atoms with Gasteiger partial charge in [0.2, 0.25) is 0 Å². The Balaban J connectivity index is 2.63. The van der Waals surface area contributed by atoms with Crippen LogP contribution < -0.4 is 5.32 Å². The summed E-state index contributed by atoms with van der Waals surface area (Å²) in [6.07, 6.45) is -0.231. The van der Waals surface area contributed by atoms with Crippen molar-refractivity contribution in [2.45, 2.75) is 6.42 Å². The van der Waals surface area contributed by atoms with E-state index in [0.717, 1.165) is 12.1 Å². The number of benzene rings is 1. The van der Waals surface area contributed by atoms with Crippen molar-refractivity contribution in [3.05, 3.63) is 29.6 Å². The van der Waals surface area contributed by atoms with E-state index in [4.69, 9.17) is 10.2 Å². The van der Waals surface area contributed by atoms with Crippen molar-refractivity contribution in [3.8, 4) is 5.75 Å². The van der Waals surface area contributed by atoms with Gasteiger partial charge in [-0.2, -0.15) is 0 Å². The molecule has 5 nitrogen and oxygen atoms in total. The number of hydrogen-bond acceptors (Lipinski definition) is 3. The molecule has 0 saturated carbocycles. The van der Waals surface area contributed by atoms with Gasteiger partial charge in [0.15, 0.2) is 0 Å². The van der Waals surface area contributed by atoms with E-state index in [0.29, 0.717) is 0 Å². The lowest BCUT2D eigenvalue weighted by molar-refractivity contribution is -0.136. The number of carboxylic acids is 1. The molecule has 86 valence electrons. The first-order chi connectivity index (χ1) is 7.50. The Morgan fingerprint density at radius 3 is 2.62 bits per heavy atom. The predicted octanol–water partition coefficient (Wildman–Crippen LogP) is 0.736. The fourth-order valence-electron chi connectivity index (χ4n) is 1.07. The molecule has 0 radical (unpaired) electrons. The second-order valence-corrected chi connectivity index (χ2v) is 3.06. The summed E-state index contributed by atoms with van der Waals surface area (Å²) in [5.74, 6) is -2.89. The quantitative estimate of drug-likeness (QED) is 0.707. The van der Waals surface area contributed by atoms with Gasteiger partial charge in [-0.05, 0) is 12.1 Å². The van der Waals surface area contributed by atoms with Crippen molar-refractivity contribution in [2.24, 2.45) is 0 Å². The zero-order chi connectivity index (χ0) is 12.1. The number of halogens is 1. The SMILES string of the molecule is O=C(O)CCNC(=O)c1ccc(O)cc1F. The number of hydrogen-bond donors (Lipinski definition) is 3. The molecule has 0 fully saturated rings. The number of carboxylic acid groups (broad SMARTS) is 1. The van der Waals surface area contributed by atoms with Gasteiger partial charge in [0.25, 0.3) is 5.91 Å². The van der Waals surface area contributed by atoms with E-state index >= 15 is 0 Å². The Morgan fingerprint density at radius 1 is 1.38 bits per heavy atom. The summed E-state index contributed by atoms with van der Waals surface area (Å²) >= 11 is 0. The number of carbonyl (C=O) groups excluding carboxylic acids is 1. The lowest BCUT2D eigenvalue weighted by Crippen LogP contribution is -2.26. The number of nitrogens with one attached hydrogen (secondary N) is 1. The zero-order valence-corrected chi connectivity index (χ0v) is 8.24. The molecule has 0 aromatic heterocycles. The maximum Gasteiger partial charge on any atom is 0.305 e. The molecule has 0 spiro atoms. The van der Waals surface area contributed by atoms with Crippen LogP contribution in [-0.2, 0) is 4.79 Å². The Morgan fingerprint density at radius 2 is 2.06 bits per heavy atom. The van der Waals surface area contributed by atoms with E-state index in [9.17, 15) is 14.0 Å². The van der Waals surface area contributed by atoms with Gasteiger partial charge in [-0.1, -0.05) is 0 Å². The van der Waals surface area contributed by atoms with Gasteiger partial charge in [-0.25, -0.2) is 4.39 Å². The van der Waals surface area contributed by atoms with Crippen molar-refractivity contribution in [2.75, 3.05) is 6.54 Å². The Labute approximate surface area is 90.5 Å². The van der Waals surface area contributed by atoms with Crippen LogP contribution in [0, 0.1) is 5.82 Å². The van der Waals surface area contributed by atoms with Crippen LogP contribution in [0.1, 0.15) is 16.8 Å². The van der Waals surface area contributed by atoms with Crippen molar-refractivity contribution in [3.63, 3.8) is 0 Å². The van der Waals surface area contributed by atoms with Crippen LogP contribution >= 0.6 is 0 Å². The molecule has 0 aliphatic heterocycles. The van der Waals surface area contributed by atoms with Crippen molar-refractivity contribution in [1.29, 1.82) is 0 Å². The number of aromatic hydroxyl groups is 1. The van der Waals surface area contributed by atoms with Crippen molar-refractivity contribution >= 4 is 11.9 Å². The molecule has 3 N–H and O–H groups in total. The summed E-state index contributed by atoms with van der Waals surface area (Å²) in [5.41, 5.74) is -0.233. The summed E-state index contributed by atoms with van der Waals surface area (Å²) in [7, 11) is 0. The Kier molecular flexibility index (Phi) is 3.82. The second-order valence-electron chi connectivity index (χ2n) is 3.06. The number of rotatable bonds is 4. The van der Waals surface area contributed by atoms with Crippen LogP contribution in [0.15, 0.2) is 18.2 Å². The second kappa shape index (κ2) is 5.11. The smallest absolute Gasteiger partial charge is 0.305 e. The van der Waals surface area contributed by atoms with Gasteiger partial charge in [-0.15, -0.1) is 0 Å². The third-order valence-corrected chi connectivity index (χ3v) is 1.82. The highest BCUT2D eigenvalue weighted by Crippen LogP contribution is 2.14. The molecule has 0 aliphatic rings. The minimum atomic E-state index is -1.05. The van der Waals surface area contributed by atoms with Gasteiger partial charge in [0.05, 0.1) is 12.0 Å². The highest BCUT2D eigenvalue weighted by molar-refractivity contribution is 5.94. The fourth-order valence-corrected chi connectivity index (χ4v) is 1.07. The molecule has 0 heterocycles. The van der Waals surface area contributed by atoms with E-state index in [1.165, 1.54) is 6.07 Å². The number of carbonyl (C=O) groups is 2. The molecular formula is C10H10FNO4. The number of phenols is 1. The van der Waals surface area contributed by atoms with E-state index in [1.54, 1.807) is 0 Å². The summed E-state index contributed by atoms with van der Waals surface area (Å²) < 4.78 is 13.1. The van der Waals surface area contributed by atoms with E-state index in [-0.39, 0.29) is 24.3 Å². The maximum absolute atomic E-state index is 13.1. The first kappa shape index (κ1) is 12.0. The van der Waals surface area contributed by atoms with Crippen LogP contribution in [0.3, 0.4) is 0 Å². The lowest BCUT2D eigenvalue weighted by atomic mass is 10.2. The van der Waals surface area contributed by atoms with Crippen LogP contribution in [0.25, 0.3) is 0 Å². The van der Waals surface area contributed by atoms with Crippen LogP contribution in [-0.4, -0.2) is 28.6 Å². The fraction of sp³-hybridized carbons (Fsp3) is 0.200. The molecule has 16 heavy (non-hydrogen) atoms. The molecule has 1 aromatic rings. The van der Waals surface area contributed by atoms with Gasteiger partial charge in [0.1, 0.15) is 11.6 Å². The third kappa shape index (κ3) is 3.23. The molecule has 1 amide bonds. The highest BCUT2D eigenvalue weighted by atomic mass is 19.1. The van der Waals surface area contributed by atoms with E-state index in [2.05, 4.69) is 5.32 Å². The standard InChI is InChI=1S/C10H10FNO4/c11-8-5-6(13)1-2-7(8)10(16)12-4-3-9(14)15/h1-2,5,13H,3-4H2,(H,12,16)(H,14,15). The summed E-state index contributed by atoms with van der Waals surface area (Å²) in [5, 5.41) is 19.5. The molecule has 1 aromatic carbocycles. The molecule has 0 unspecified atom stereocenters. The molecule has 0 bridgehead atoms. The van der Waals surface area contributed by atoms with E-state index in [1.807, 2.05) is 0 Å². The molecule has 0 aliphatic carbocycles. The monoisotopic (exact) mass is 227 g/mol. The molecule has 0 saturated heterocycles. The highest BCUT2D eigenvalue weighted by Gasteiger charge is 2.11. The molecular weight excluding hydrogens is 217 g/mol. The van der Waals surface area contributed by atoms with Crippen LogP contribution in [0.4, 0.5) is 4.39 Å². The van der Waals surface area contributed by atoms with E-state index < -0.39 is 17.7 Å². The summed E-state index contributed by atoms with van der Waals surface area (Å²) in [6.45, 7) is -0.0749. The first-order valence-corrected chi connectivity index (χ1v) is 4.49. The normalized spacial score (nSPS) is 9.81. The van der Waals surface area contributed by atoms with Gasteiger partial charge >= 0.3 is 5.97 Å². The minimum Gasteiger partial charge on any atom is -0.508 e. The topological polar surface area (TPSA) is 86.6 Å². The zero-order valence-electron chi connectivity index (χ0n) is 8.24. The predicted molar refractivity (Wildman–Crippen MR) is 52.7 cm³/mol. The minimum absolute atomic E-state index is 0.0749. The first-order valence-electron chi connectivity index (χ1n) is 4.49. The average molecular weight is 227 g/mol. The Bertz CT molecular complexity index is 419.